The number of fused-ring (bicyclic) bond motifs is 1. The summed E-state index contributed by atoms with van der Waals surface area (Å²) in [6, 6.07) is 18.7. The standard InChI is InChI=1S/C34H39N7O3/c1-32(2,3)44-31(42)40-19-34(20-40)17-39(18-34)23-13-33(14-23)15-24(16-33)41-30-27(29(35)36-21-37-30)28(38-41)22-9-11-26(12-10-22)43-25-7-5-4-6-8-25/h4-12,21,23-24H,13-20H2,1-3H3,(H2,35,36,37). The second-order valence-electron chi connectivity index (χ2n) is 14.6. The van der Waals surface area contributed by atoms with Crippen molar-refractivity contribution in [3.05, 3.63) is 60.9 Å². The van der Waals surface area contributed by atoms with Crippen molar-refractivity contribution in [1.82, 2.24) is 29.5 Å². The Morgan fingerprint density at radius 3 is 2.20 bits per heavy atom. The molecule has 2 saturated carbocycles. The van der Waals surface area contributed by atoms with Crippen molar-refractivity contribution in [2.75, 3.05) is 31.9 Å². The first-order valence-corrected chi connectivity index (χ1v) is 15.6. The molecule has 2 aromatic carbocycles. The number of carbonyl (C=O) groups excluding carboxylic acids is 1. The Balaban J connectivity index is 0.896. The van der Waals surface area contributed by atoms with Crippen LogP contribution < -0.4 is 10.5 Å². The van der Waals surface area contributed by atoms with E-state index in [0.717, 1.165) is 72.8 Å². The average molecular weight is 594 g/mol. The molecule has 0 unspecified atom stereocenters. The number of anilines is 1. The zero-order valence-corrected chi connectivity index (χ0v) is 25.6. The van der Waals surface area contributed by atoms with Gasteiger partial charge in [0.1, 0.15) is 34.9 Å². The lowest BCUT2D eigenvalue weighted by Gasteiger charge is -2.67. The molecule has 8 rings (SSSR count). The minimum atomic E-state index is -0.445. The van der Waals surface area contributed by atoms with Crippen molar-refractivity contribution in [3.8, 4) is 22.8 Å². The molecule has 4 aliphatic rings. The number of amides is 1. The van der Waals surface area contributed by atoms with E-state index in [2.05, 4.69) is 19.5 Å². The van der Waals surface area contributed by atoms with Gasteiger partial charge in [0.25, 0.3) is 0 Å². The molecule has 0 bridgehead atoms. The number of hydrogen-bond acceptors (Lipinski definition) is 8. The number of aromatic nitrogens is 4. The molecule has 2 saturated heterocycles. The maximum absolute atomic E-state index is 12.4. The first kappa shape index (κ1) is 27.4. The molecule has 4 heterocycles. The largest absolute Gasteiger partial charge is 0.457 e. The highest BCUT2D eigenvalue weighted by atomic mass is 16.6. The molecule has 0 radical (unpaired) electrons. The molecule has 2 aliphatic heterocycles. The molecular formula is C34H39N7O3. The van der Waals surface area contributed by atoms with Crippen LogP contribution in [0.25, 0.3) is 22.3 Å². The summed E-state index contributed by atoms with van der Waals surface area (Å²) in [6.45, 7) is 9.58. The van der Waals surface area contributed by atoms with E-state index in [1.165, 1.54) is 19.2 Å². The third-order valence-corrected chi connectivity index (χ3v) is 9.94. The lowest BCUT2D eigenvalue weighted by molar-refractivity contribution is -0.172. The molecule has 4 aromatic rings. The van der Waals surface area contributed by atoms with E-state index in [4.69, 9.17) is 20.3 Å². The van der Waals surface area contributed by atoms with Gasteiger partial charge in [-0.3, -0.25) is 4.90 Å². The zero-order chi connectivity index (χ0) is 30.3. The Bertz CT molecular complexity index is 1700. The molecule has 1 amide bonds. The van der Waals surface area contributed by atoms with Gasteiger partial charge in [-0.05, 0) is 88.3 Å². The van der Waals surface area contributed by atoms with Crippen LogP contribution >= 0.6 is 0 Å². The first-order valence-electron chi connectivity index (χ1n) is 15.6. The number of carbonyl (C=O) groups is 1. The molecule has 228 valence electrons. The van der Waals surface area contributed by atoms with Gasteiger partial charge in [-0.2, -0.15) is 5.10 Å². The van der Waals surface area contributed by atoms with Gasteiger partial charge in [0, 0.05) is 43.2 Å². The highest BCUT2D eigenvalue weighted by Gasteiger charge is 2.61. The predicted molar refractivity (Wildman–Crippen MR) is 167 cm³/mol. The van der Waals surface area contributed by atoms with Gasteiger partial charge in [-0.25, -0.2) is 19.4 Å². The average Bonchev–Trinajstić information content (AvgIpc) is 3.27. The smallest absolute Gasteiger partial charge is 0.410 e. The third kappa shape index (κ3) is 4.67. The minimum Gasteiger partial charge on any atom is -0.457 e. The Kier molecular flexibility index (Phi) is 6.01. The van der Waals surface area contributed by atoms with Gasteiger partial charge in [-0.1, -0.05) is 18.2 Å². The Hall–Kier alpha value is -4.18. The maximum atomic E-state index is 12.4. The summed E-state index contributed by atoms with van der Waals surface area (Å²) in [5, 5.41) is 5.89. The summed E-state index contributed by atoms with van der Waals surface area (Å²) >= 11 is 0. The summed E-state index contributed by atoms with van der Waals surface area (Å²) in [7, 11) is 0. The van der Waals surface area contributed by atoms with Crippen LogP contribution in [-0.4, -0.2) is 73.5 Å². The Morgan fingerprint density at radius 1 is 0.864 bits per heavy atom. The van der Waals surface area contributed by atoms with E-state index < -0.39 is 5.60 Å². The van der Waals surface area contributed by atoms with Crippen LogP contribution in [0.1, 0.15) is 52.5 Å². The van der Waals surface area contributed by atoms with Crippen molar-refractivity contribution in [3.63, 3.8) is 0 Å². The first-order chi connectivity index (χ1) is 21.1. The summed E-state index contributed by atoms with van der Waals surface area (Å²) in [5.74, 6) is 2.01. The molecule has 2 spiro atoms. The zero-order valence-electron chi connectivity index (χ0n) is 25.6. The van der Waals surface area contributed by atoms with E-state index in [0.29, 0.717) is 23.3 Å². The highest BCUT2D eigenvalue weighted by molar-refractivity contribution is 5.98. The van der Waals surface area contributed by atoms with Crippen molar-refractivity contribution >= 4 is 22.9 Å². The topological polar surface area (TPSA) is 112 Å². The Labute approximate surface area is 257 Å². The SMILES string of the molecule is CC(C)(C)OC(=O)N1CC2(C1)CN(C1CC3(C1)CC(n1nc(-c4ccc(Oc5ccccc5)cc4)c4c(N)ncnc41)C3)C2. The molecule has 10 heteroatoms. The molecular weight excluding hydrogens is 554 g/mol. The van der Waals surface area contributed by atoms with E-state index in [1.54, 1.807) is 0 Å². The van der Waals surface area contributed by atoms with Crippen molar-refractivity contribution < 1.29 is 14.3 Å². The number of rotatable bonds is 5. The summed E-state index contributed by atoms with van der Waals surface area (Å²) < 4.78 is 13.6. The number of nitrogens with two attached hydrogens (primary N) is 1. The van der Waals surface area contributed by atoms with Crippen LogP contribution in [0.5, 0.6) is 11.5 Å². The number of nitrogens with zero attached hydrogens (tertiary/aromatic N) is 6. The molecule has 2 aromatic heterocycles. The fraction of sp³-hybridized carbons (Fsp3) is 0.471. The molecule has 0 atom stereocenters. The molecule has 2 aliphatic carbocycles. The second kappa shape index (κ2) is 9.66. The normalized spacial score (nSPS) is 25.7. The number of hydrogen-bond donors (Lipinski definition) is 1. The van der Waals surface area contributed by atoms with Gasteiger partial charge in [-0.15, -0.1) is 0 Å². The maximum Gasteiger partial charge on any atom is 0.410 e. The van der Waals surface area contributed by atoms with E-state index >= 15 is 0 Å². The third-order valence-electron chi connectivity index (χ3n) is 9.94. The van der Waals surface area contributed by atoms with Crippen LogP contribution in [0.3, 0.4) is 0 Å². The van der Waals surface area contributed by atoms with Gasteiger partial charge in [0.15, 0.2) is 5.65 Å². The van der Waals surface area contributed by atoms with Crippen molar-refractivity contribution in [2.45, 2.75) is 64.1 Å². The van der Waals surface area contributed by atoms with Crippen LogP contribution in [-0.2, 0) is 4.74 Å². The van der Waals surface area contributed by atoms with Crippen molar-refractivity contribution in [1.29, 1.82) is 0 Å². The minimum absolute atomic E-state index is 0.180. The molecule has 10 nitrogen and oxygen atoms in total. The van der Waals surface area contributed by atoms with Crippen LogP contribution in [0, 0.1) is 10.8 Å². The number of likely N-dealkylation sites (tertiary alicyclic amines) is 2. The molecule has 2 N–H and O–H groups in total. The van der Waals surface area contributed by atoms with E-state index in [-0.39, 0.29) is 11.5 Å². The second-order valence-corrected chi connectivity index (χ2v) is 14.6. The monoisotopic (exact) mass is 593 g/mol. The molecule has 4 fully saturated rings. The Morgan fingerprint density at radius 2 is 1.52 bits per heavy atom. The van der Waals surface area contributed by atoms with Crippen molar-refractivity contribution in [2.24, 2.45) is 10.8 Å². The van der Waals surface area contributed by atoms with Crippen LogP contribution in [0.4, 0.5) is 10.6 Å². The number of ether oxygens (including phenoxy) is 2. The lowest BCUT2D eigenvalue weighted by atomic mass is 9.51. The fourth-order valence-electron chi connectivity index (χ4n) is 7.89. The van der Waals surface area contributed by atoms with E-state index in [9.17, 15) is 4.79 Å². The summed E-state index contributed by atoms with van der Waals surface area (Å²) in [4.78, 5) is 25.8. The van der Waals surface area contributed by atoms with Crippen LogP contribution in [0.15, 0.2) is 60.9 Å². The fourth-order valence-corrected chi connectivity index (χ4v) is 7.89. The summed E-state index contributed by atoms with van der Waals surface area (Å²) in [6.07, 6.45) is 6.05. The van der Waals surface area contributed by atoms with Gasteiger partial charge >= 0.3 is 6.09 Å². The number of nitrogen functional groups attached to an aromatic ring is 1. The van der Waals surface area contributed by atoms with Gasteiger partial charge in [0.05, 0.1) is 11.4 Å². The van der Waals surface area contributed by atoms with Gasteiger partial charge in [0.2, 0.25) is 0 Å². The van der Waals surface area contributed by atoms with Gasteiger partial charge < -0.3 is 20.1 Å². The predicted octanol–water partition coefficient (Wildman–Crippen LogP) is 5.90. The number of benzene rings is 2. The molecule has 44 heavy (non-hydrogen) atoms. The lowest BCUT2D eigenvalue weighted by Crippen LogP contribution is -2.76. The number of para-hydroxylation sites is 1. The van der Waals surface area contributed by atoms with E-state index in [1.807, 2.05) is 80.3 Å². The highest BCUT2D eigenvalue weighted by Crippen LogP contribution is 2.63. The van der Waals surface area contributed by atoms with Crippen LogP contribution in [0.2, 0.25) is 0 Å². The quantitative estimate of drug-likeness (QED) is 0.304. The summed E-state index contributed by atoms with van der Waals surface area (Å²) in [5.41, 5.74) is 9.19.